The van der Waals surface area contributed by atoms with Crippen LogP contribution >= 0.6 is 0 Å². The highest BCUT2D eigenvalue weighted by Gasteiger charge is 2.77. The van der Waals surface area contributed by atoms with Crippen molar-refractivity contribution < 1.29 is 9.66 Å². The third-order valence-electron chi connectivity index (χ3n) is 2.38. The zero-order valence-electron chi connectivity index (χ0n) is 6.90. The highest BCUT2D eigenvalue weighted by Crippen LogP contribution is 2.52. The van der Waals surface area contributed by atoms with Crippen LogP contribution in [0, 0.1) is 10.1 Å². The average molecular weight is 167 g/mol. The lowest BCUT2D eigenvalue weighted by Crippen LogP contribution is -2.30. The lowest BCUT2D eigenvalue weighted by molar-refractivity contribution is -0.549. The number of hydrogen-bond donors (Lipinski definition) is 0. The van der Waals surface area contributed by atoms with Gasteiger partial charge in [0, 0.05) is 6.08 Å². The van der Waals surface area contributed by atoms with Crippen molar-refractivity contribution in [3.8, 4) is 0 Å². The van der Waals surface area contributed by atoms with Crippen LogP contribution in [0.3, 0.4) is 0 Å². The summed E-state index contributed by atoms with van der Waals surface area (Å²) in [6, 6.07) is 0. The van der Waals surface area contributed by atoms with Crippen molar-refractivity contribution in [2.45, 2.75) is 25.2 Å². The maximum absolute atomic E-state index is 10.6. The summed E-state index contributed by atoms with van der Waals surface area (Å²) in [4.78, 5) is 10.2. The Labute approximate surface area is 69.7 Å². The van der Waals surface area contributed by atoms with Crippen LogP contribution in [-0.4, -0.2) is 16.2 Å². The molecule has 0 aromatic carbocycles. The van der Waals surface area contributed by atoms with Crippen LogP contribution in [0.25, 0.3) is 0 Å². The molecule has 1 aliphatic heterocycles. The Balaban J connectivity index is 2.41. The molecule has 4 nitrogen and oxygen atoms in total. The smallest absolute Gasteiger partial charge is 0.287 e. The quantitative estimate of drug-likeness (QED) is 0.335. The molecule has 1 fully saturated rings. The van der Waals surface area contributed by atoms with Gasteiger partial charge in [-0.2, -0.15) is 0 Å². The monoisotopic (exact) mass is 167 g/mol. The average Bonchev–Trinajstić information content (AvgIpc) is 2.55. The van der Waals surface area contributed by atoms with Crippen LogP contribution in [0.15, 0.2) is 23.8 Å². The van der Waals surface area contributed by atoms with Gasteiger partial charge in [0.2, 0.25) is 0 Å². The first-order valence-corrected chi connectivity index (χ1v) is 3.74. The van der Waals surface area contributed by atoms with Gasteiger partial charge in [0.15, 0.2) is 5.60 Å². The SMILES string of the molecule is CC1=CC2(C)OC2([N+](=O)[O-])C=C1. The molecule has 0 bridgehead atoms. The fourth-order valence-corrected chi connectivity index (χ4v) is 1.64. The Bertz CT molecular complexity index is 320. The van der Waals surface area contributed by atoms with Gasteiger partial charge < -0.3 is 0 Å². The van der Waals surface area contributed by atoms with Gasteiger partial charge in [-0.15, -0.1) is 0 Å². The fourth-order valence-electron chi connectivity index (χ4n) is 1.64. The van der Waals surface area contributed by atoms with Crippen molar-refractivity contribution in [1.82, 2.24) is 0 Å². The Kier molecular flexibility index (Phi) is 1.10. The summed E-state index contributed by atoms with van der Waals surface area (Å²) >= 11 is 0. The molecule has 1 saturated heterocycles. The minimum Gasteiger partial charge on any atom is -0.287 e. The zero-order valence-corrected chi connectivity index (χ0v) is 6.90. The van der Waals surface area contributed by atoms with Crippen LogP contribution in [0.2, 0.25) is 0 Å². The molecule has 0 N–H and O–H groups in total. The number of rotatable bonds is 1. The van der Waals surface area contributed by atoms with E-state index >= 15 is 0 Å². The molecule has 2 aliphatic rings. The van der Waals surface area contributed by atoms with E-state index in [9.17, 15) is 10.1 Å². The van der Waals surface area contributed by atoms with Gasteiger partial charge in [-0.3, -0.25) is 14.9 Å². The molecular weight excluding hydrogens is 158 g/mol. The van der Waals surface area contributed by atoms with Gasteiger partial charge in [-0.1, -0.05) is 11.6 Å². The highest BCUT2D eigenvalue weighted by molar-refractivity contribution is 5.38. The molecule has 64 valence electrons. The maximum atomic E-state index is 10.6. The summed E-state index contributed by atoms with van der Waals surface area (Å²) in [6.45, 7) is 3.62. The number of nitro groups is 1. The van der Waals surface area contributed by atoms with Gasteiger partial charge in [-0.05, 0) is 19.9 Å². The molecule has 0 saturated carbocycles. The second-order valence-electron chi connectivity index (χ2n) is 3.38. The van der Waals surface area contributed by atoms with Gasteiger partial charge in [0.25, 0.3) is 0 Å². The van der Waals surface area contributed by atoms with Gasteiger partial charge in [-0.25, -0.2) is 0 Å². The van der Waals surface area contributed by atoms with Crippen LogP contribution in [0.1, 0.15) is 13.8 Å². The van der Waals surface area contributed by atoms with E-state index in [0.29, 0.717) is 0 Å². The predicted octanol–water partition coefficient (Wildman–Crippen LogP) is 1.26. The van der Waals surface area contributed by atoms with Gasteiger partial charge in [0.1, 0.15) is 0 Å². The maximum Gasteiger partial charge on any atom is 0.378 e. The first-order chi connectivity index (χ1) is 5.50. The molecule has 2 unspecified atom stereocenters. The van der Waals surface area contributed by atoms with Crippen LogP contribution in [0.4, 0.5) is 0 Å². The van der Waals surface area contributed by atoms with Crippen molar-refractivity contribution >= 4 is 0 Å². The van der Waals surface area contributed by atoms with Crippen molar-refractivity contribution in [3.05, 3.63) is 33.9 Å². The van der Waals surface area contributed by atoms with E-state index in [-0.39, 0.29) is 4.92 Å². The third kappa shape index (κ3) is 0.653. The molecule has 0 radical (unpaired) electrons. The number of ether oxygens (including phenoxy) is 1. The van der Waals surface area contributed by atoms with E-state index < -0.39 is 11.3 Å². The largest absolute Gasteiger partial charge is 0.378 e. The lowest BCUT2D eigenvalue weighted by Gasteiger charge is -2.07. The van der Waals surface area contributed by atoms with E-state index in [2.05, 4.69) is 0 Å². The van der Waals surface area contributed by atoms with Crippen molar-refractivity contribution in [1.29, 1.82) is 0 Å². The molecule has 1 heterocycles. The molecule has 2 atom stereocenters. The minimum atomic E-state index is -1.27. The molecular formula is C8H9NO3. The molecule has 0 aromatic heterocycles. The molecule has 0 aromatic rings. The summed E-state index contributed by atoms with van der Waals surface area (Å²) in [5.41, 5.74) is -0.977. The topological polar surface area (TPSA) is 55.7 Å². The van der Waals surface area contributed by atoms with Crippen molar-refractivity contribution in [2.24, 2.45) is 0 Å². The number of allylic oxidation sites excluding steroid dienone is 2. The summed E-state index contributed by atoms with van der Waals surface area (Å²) in [5, 5.41) is 10.6. The van der Waals surface area contributed by atoms with Gasteiger partial charge >= 0.3 is 5.72 Å². The summed E-state index contributed by atoms with van der Waals surface area (Å²) in [6.07, 6.45) is 5.02. The Morgan fingerprint density at radius 3 is 2.83 bits per heavy atom. The molecule has 4 heteroatoms. The summed E-state index contributed by atoms with van der Waals surface area (Å²) in [5.74, 6) is 0. The molecule has 12 heavy (non-hydrogen) atoms. The molecule has 1 aliphatic carbocycles. The Morgan fingerprint density at radius 2 is 2.33 bits per heavy atom. The summed E-state index contributed by atoms with van der Waals surface area (Å²) < 4.78 is 5.12. The van der Waals surface area contributed by atoms with Crippen LogP contribution in [0.5, 0.6) is 0 Å². The molecule has 0 amide bonds. The third-order valence-corrected chi connectivity index (χ3v) is 2.38. The predicted molar refractivity (Wildman–Crippen MR) is 42.1 cm³/mol. The van der Waals surface area contributed by atoms with E-state index in [1.807, 2.05) is 6.92 Å². The second-order valence-corrected chi connectivity index (χ2v) is 3.38. The van der Waals surface area contributed by atoms with E-state index in [0.717, 1.165) is 5.57 Å². The Morgan fingerprint density at radius 1 is 1.67 bits per heavy atom. The van der Waals surface area contributed by atoms with Crippen LogP contribution < -0.4 is 0 Å². The first-order valence-electron chi connectivity index (χ1n) is 3.74. The zero-order chi connectivity index (χ0) is 8.98. The van der Waals surface area contributed by atoms with Crippen molar-refractivity contribution in [3.63, 3.8) is 0 Å². The number of epoxide rings is 1. The highest BCUT2D eigenvalue weighted by atomic mass is 16.8. The van der Waals surface area contributed by atoms with E-state index in [1.165, 1.54) is 6.08 Å². The number of hydrogen-bond acceptors (Lipinski definition) is 3. The Hall–Kier alpha value is -1.16. The molecule has 2 rings (SSSR count). The van der Waals surface area contributed by atoms with Crippen LogP contribution in [-0.2, 0) is 4.74 Å². The number of nitrogens with zero attached hydrogens (tertiary/aromatic N) is 1. The molecule has 0 spiro atoms. The fraction of sp³-hybridized carbons (Fsp3) is 0.500. The first kappa shape index (κ1) is 7.49. The van der Waals surface area contributed by atoms with E-state index in [1.54, 1.807) is 19.1 Å². The normalized spacial score (nSPS) is 43.3. The van der Waals surface area contributed by atoms with Gasteiger partial charge in [0.05, 0.1) is 4.92 Å². The minimum absolute atomic E-state index is 0.383. The lowest BCUT2D eigenvalue weighted by atomic mass is 9.94. The summed E-state index contributed by atoms with van der Waals surface area (Å²) in [7, 11) is 0. The van der Waals surface area contributed by atoms with E-state index in [4.69, 9.17) is 4.74 Å². The standard InChI is InChI=1S/C8H9NO3/c1-6-3-4-8(9(10)11)7(2,5-6)12-8/h3-5H,1-2H3. The second kappa shape index (κ2) is 1.77. The van der Waals surface area contributed by atoms with Crippen molar-refractivity contribution in [2.75, 3.05) is 0 Å². The number of fused-ring (bicyclic) bond motifs is 1.